The Kier molecular flexibility index (Phi) is 8.33. The van der Waals surface area contributed by atoms with Crippen LogP contribution in [0.2, 0.25) is 0 Å². The summed E-state index contributed by atoms with van der Waals surface area (Å²) in [5.74, 6) is -0.0142. The topological polar surface area (TPSA) is 59.0 Å². The smallest absolute Gasteiger partial charge is 0.316 e. The van der Waals surface area contributed by atoms with Crippen LogP contribution >= 0.6 is 15.9 Å². The van der Waals surface area contributed by atoms with Gasteiger partial charge in [0.25, 0.3) is 0 Å². The number of benzene rings is 2. The molecule has 0 aromatic heterocycles. The number of piperidine rings is 1. The summed E-state index contributed by atoms with van der Waals surface area (Å²) >= 11 is 4.07. The highest BCUT2D eigenvalue weighted by molar-refractivity contribution is 9.10. The Balaban J connectivity index is 1.51. The number of rotatable bonds is 10. The van der Waals surface area contributed by atoms with E-state index in [9.17, 15) is 9.90 Å². The first kappa shape index (κ1) is 25.2. The summed E-state index contributed by atoms with van der Waals surface area (Å²) in [6, 6.07) is 18.1. The molecule has 0 aliphatic carbocycles. The number of fused-ring (bicyclic) bond motifs is 2. The molecule has 2 heterocycles. The fourth-order valence-electron chi connectivity index (χ4n) is 5.44. The van der Waals surface area contributed by atoms with E-state index in [0.29, 0.717) is 6.04 Å². The van der Waals surface area contributed by atoms with Gasteiger partial charge in [0.15, 0.2) is 0 Å². The van der Waals surface area contributed by atoms with Gasteiger partial charge < -0.3 is 14.6 Å². The molecule has 2 aromatic carbocycles. The summed E-state index contributed by atoms with van der Waals surface area (Å²) < 4.78 is 11.8. The first-order valence-electron chi connectivity index (χ1n) is 12.5. The van der Waals surface area contributed by atoms with Gasteiger partial charge in [-0.25, -0.2) is 0 Å². The number of ether oxygens (including phenoxy) is 2. The van der Waals surface area contributed by atoms with E-state index < -0.39 is 5.92 Å². The standard InChI is InChI=1S/C28H36BrNO4/c1-3-4-16-33-23-12-10-20(11-13-23)17-25-26(18-22-14-15-28(25,29)30(22)2)34-27(32)24(19-31)21-8-6-5-7-9-21/h5-13,22,24-26,31H,3-4,14-19H2,1-2H3/t22?,24-,25?,26?,28?/m1/s1. The highest BCUT2D eigenvalue weighted by atomic mass is 79.9. The van der Waals surface area contributed by atoms with Crippen molar-refractivity contribution in [2.45, 2.75) is 68.0 Å². The largest absolute Gasteiger partial charge is 0.494 e. The minimum atomic E-state index is -0.662. The van der Waals surface area contributed by atoms with Crippen LogP contribution in [-0.4, -0.2) is 52.8 Å². The van der Waals surface area contributed by atoms with E-state index in [-0.39, 0.29) is 29.0 Å². The number of unbranched alkanes of at least 4 members (excludes halogenated alkanes) is 1. The molecule has 5 nitrogen and oxygen atoms in total. The van der Waals surface area contributed by atoms with Gasteiger partial charge in [-0.15, -0.1) is 0 Å². The van der Waals surface area contributed by atoms with Crippen molar-refractivity contribution in [3.8, 4) is 5.75 Å². The molecule has 2 aliphatic rings. The van der Waals surface area contributed by atoms with Gasteiger partial charge in [0.1, 0.15) is 17.8 Å². The van der Waals surface area contributed by atoms with Gasteiger partial charge >= 0.3 is 5.97 Å². The van der Waals surface area contributed by atoms with Crippen LogP contribution in [-0.2, 0) is 16.0 Å². The Bertz CT molecular complexity index is 937. The molecule has 4 unspecified atom stereocenters. The van der Waals surface area contributed by atoms with E-state index >= 15 is 0 Å². The van der Waals surface area contributed by atoms with Crippen LogP contribution < -0.4 is 4.74 Å². The Morgan fingerprint density at radius 3 is 2.62 bits per heavy atom. The lowest BCUT2D eigenvalue weighted by molar-refractivity contribution is -0.160. The van der Waals surface area contributed by atoms with Gasteiger partial charge in [-0.1, -0.05) is 71.7 Å². The molecule has 2 aromatic rings. The molecule has 2 fully saturated rings. The second-order valence-corrected chi connectivity index (χ2v) is 11.0. The molecule has 1 N–H and O–H groups in total. The predicted molar refractivity (Wildman–Crippen MR) is 137 cm³/mol. The molecule has 0 saturated carbocycles. The van der Waals surface area contributed by atoms with Gasteiger partial charge in [0, 0.05) is 18.4 Å². The minimum absolute atomic E-state index is 0.0992. The van der Waals surface area contributed by atoms with Crippen molar-refractivity contribution >= 4 is 21.9 Å². The lowest BCUT2D eigenvalue weighted by atomic mass is 9.82. The number of halogens is 1. The first-order chi connectivity index (χ1) is 16.5. The molecule has 184 valence electrons. The Labute approximate surface area is 211 Å². The summed E-state index contributed by atoms with van der Waals surface area (Å²) in [5, 5.41) is 9.96. The van der Waals surface area contributed by atoms with Crippen LogP contribution in [0.25, 0.3) is 0 Å². The lowest BCUT2D eigenvalue weighted by Gasteiger charge is -2.48. The number of hydrogen-bond acceptors (Lipinski definition) is 5. The third-order valence-corrected chi connectivity index (χ3v) is 9.11. The molecule has 4 rings (SSSR count). The Morgan fingerprint density at radius 2 is 1.94 bits per heavy atom. The van der Waals surface area contributed by atoms with E-state index in [1.165, 1.54) is 5.56 Å². The SMILES string of the molecule is CCCCOc1ccc(CC2C(OC(=O)[C@H](CO)c3ccccc3)CC3CCC2(Br)N3C)cc1. The van der Waals surface area contributed by atoms with E-state index in [0.717, 1.165) is 56.4 Å². The summed E-state index contributed by atoms with van der Waals surface area (Å²) in [5.41, 5.74) is 1.99. The molecule has 2 bridgehead atoms. The van der Waals surface area contributed by atoms with Gasteiger partial charge in [0.2, 0.25) is 0 Å². The molecule has 0 amide bonds. The van der Waals surface area contributed by atoms with Crippen molar-refractivity contribution in [2.24, 2.45) is 5.92 Å². The van der Waals surface area contributed by atoms with Crippen LogP contribution in [0.1, 0.15) is 56.1 Å². The first-order valence-corrected chi connectivity index (χ1v) is 13.3. The molecule has 2 saturated heterocycles. The third-order valence-electron chi connectivity index (χ3n) is 7.57. The maximum Gasteiger partial charge on any atom is 0.316 e. The number of alkyl halides is 1. The van der Waals surface area contributed by atoms with Gasteiger partial charge in [-0.05, 0) is 56.0 Å². The monoisotopic (exact) mass is 529 g/mol. The van der Waals surface area contributed by atoms with Gasteiger partial charge in [-0.3, -0.25) is 9.69 Å². The van der Waals surface area contributed by atoms with Crippen LogP contribution in [0, 0.1) is 5.92 Å². The molecule has 0 spiro atoms. The molecular formula is C28H36BrNO4. The van der Waals surface area contributed by atoms with Gasteiger partial charge in [0.05, 0.1) is 17.7 Å². The van der Waals surface area contributed by atoms with Crippen molar-refractivity contribution in [3.63, 3.8) is 0 Å². The number of carbonyl (C=O) groups is 1. The normalized spacial score (nSPS) is 27.4. The third kappa shape index (κ3) is 5.34. The zero-order valence-electron chi connectivity index (χ0n) is 20.2. The lowest BCUT2D eigenvalue weighted by Crippen LogP contribution is -2.57. The highest BCUT2D eigenvalue weighted by Gasteiger charge is 2.56. The maximum absolute atomic E-state index is 13.2. The quantitative estimate of drug-likeness (QED) is 0.196. The van der Waals surface area contributed by atoms with Crippen LogP contribution in [0.4, 0.5) is 0 Å². The van der Waals surface area contributed by atoms with E-state index in [2.05, 4.69) is 46.9 Å². The number of aliphatic hydroxyl groups is 1. The summed E-state index contributed by atoms with van der Waals surface area (Å²) in [7, 11) is 2.17. The van der Waals surface area contributed by atoms with E-state index in [1.807, 2.05) is 42.5 Å². The van der Waals surface area contributed by atoms with Crippen molar-refractivity contribution in [3.05, 3.63) is 65.7 Å². The second kappa shape index (κ2) is 11.2. The summed E-state index contributed by atoms with van der Waals surface area (Å²) in [4.78, 5) is 15.6. The Hall–Kier alpha value is -1.89. The number of hydrogen-bond donors (Lipinski definition) is 1. The number of nitrogens with zero attached hydrogens (tertiary/aromatic N) is 1. The van der Waals surface area contributed by atoms with E-state index in [1.54, 1.807) is 0 Å². The number of aliphatic hydroxyl groups excluding tert-OH is 1. The average molecular weight is 531 g/mol. The van der Waals surface area contributed by atoms with Crippen LogP contribution in [0.15, 0.2) is 54.6 Å². The minimum Gasteiger partial charge on any atom is -0.494 e. The van der Waals surface area contributed by atoms with Crippen LogP contribution in [0.3, 0.4) is 0 Å². The molecule has 6 heteroatoms. The zero-order valence-corrected chi connectivity index (χ0v) is 21.7. The number of carbonyl (C=O) groups excluding carboxylic acids is 1. The zero-order chi connectivity index (χ0) is 24.1. The van der Waals surface area contributed by atoms with E-state index in [4.69, 9.17) is 9.47 Å². The maximum atomic E-state index is 13.2. The van der Waals surface area contributed by atoms with Crippen LogP contribution in [0.5, 0.6) is 5.75 Å². The molecule has 0 radical (unpaired) electrons. The van der Waals surface area contributed by atoms with Gasteiger partial charge in [-0.2, -0.15) is 0 Å². The fraction of sp³-hybridized carbons (Fsp3) is 0.536. The number of esters is 1. The molecule has 2 aliphatic heterocycles. The summed E-state index contributed by atoms with van der Waals surface area (Å²) in [6.45, 7) is 2.63. The summed E-state index contributed by atoms with van der Waals surface area (Å²) in [6.07, 6.45) is 5.66. The molecule has 5 atom stereocenters. The highest BCUT2D eigenvalue weighted by Crippen LogP contribution is 2.52. The fourth-order valence-corrected chi connectivity index (χ4v) is 6.42. The predicted octanol–water partition coefficient (Wildman–Crippen LogP) is 5.30. The Morgan fingerprint density at radius 1 is 1.21 bits per heavy atom. The second-order valence-electron chi connectivity index (χ2n) is 9.64. The molecular weight excluding hydrogens is 494 g/mol. The average Bonchev–Trinajstić information content (AvgIpc) is 3.05. The van der Waals surface area contributed by atoms with Crippen molar-refractivity contribution in [2.75, 3.05) is 20.3 Å². The van der Waals surface area contributed by atoms with Crippen molar-refractivity contribution < 1.29 is 19.4 Å². The molecule has 34 heavy (non-hydrogen) atoms. The van der Waals surface area contributed by atoms with Crippen molar-refractivity contribution in [1.82, 2.24) is 4.90 Å². The van der Waals surface area contributed by atoms with Crippen molar-refractivity contribution in [1.29, 1.82) is 0 Å².